The van der Waals surface area contributed by atoms with Crippen molar-refractivity contribution in [2.24, 2.45) is 0 Å². The molecule has 0 radical (unpaired) electrons. The van der Waals surface area contributed by atoms with Crippen LogP contribution in [0.2, 0.25) is 0 Å². The lowest BCUT2D eigenvalue weighted by Gasteiger charge is -2.08. The van der Waals surface area contributed by atoms with E-state index in [0.29, 0.717) is 12.4 Å². The van der Waals surface area contributed by atoms with Crippen LogP contribution < -0.4 is 10.2 Å². The second kappa shape index (κ2) is 7.42. The number of hydroxylamine groups is 1. The Morgan fingerprint density at radius 1 is 0.870 bits per heavy atom. The number of hydrogen-bond acceptors (Lipinski definition) is 3. The highest BCUT2D eigenvalue weighted by molar-refractivity contribution is 5.84. The SMILES string of the molecule is O=C(COc1ccc2ccccc2c1)NOCc1ccccc1. The zero-order valence-electron chi connectivity index (χ0n) is 12.6. The largest absolute Gasteiger partial charge is 0.484 e. The van der Waals surface area contributed by atoms with Crippen LogP contribution in [0.25, 0.3) is 10.8 Å². The van der Waals surface area contributed by atoms with Crippen LogP contribution in [0, 0.1) is 0 Å². The number of nitrogens with one attached hydrogen (secondary N) is 1. The number of carbonyl (C=O) groups excluding carboxylic acids is 1. The molecule has 116 valence electrons. The molecule has 0 bridgehead atoms. The fourth-order valence-corrected chi connectivity index (χ4v) is 2.21. The molecule has 0 fully saturated rings. The van der Waals surface area contributed by atoms with Crippen molar-refractivity contribution >= 4 is 16.7 Å². The van der Waals surface area contributed by atoms with Gasteiger partial charge in [0.05, 0.1) is 6.61 Å². The Bertz CT molecular complexity index is 787. The van der Waals surface area contributed by atoms with E-state index in [4.69, 9.17) is 9.57 Å². The molecule has 0 aliphatic rings. The third-order valence-corrected chi connectivity index (χ3v) is 3.36. The lowest BCUT2D eigenvalue weighted by molar-refractivity contribution is -0.136. The number of amides is 1. The van der Waals surface area contributed by atoms with E-state index in [-0.39, 0.29) is 12.5 Å². The monoisotopic (exact) mass is 307 g/mol. The predicted octanol–water partition coefficient (Wildman–Crippen LogP) is 3.47. The predicted molar refractivity (Wildman–Crippen MR) is 88.8 cm³/mol. The van der Waals surface area contributed by atoms with Crippen molar-refractivity contribution in [1.29, 1.82) is 0 Å². The van der Waals surface area contributed by atoms with Gasteiger partial charge in [0, 0.05) is 0 Å². The minimum Gasteiger partial charge on any atom is -0.484 e. The summed E-state index contributed by atoms with van der Waals surface area (Å²) in [4.78, 5) is 16.9. The van der Waals surface area contributed by atoms with Gasteiger partial charge in [0.25, 0.3) is 5.91 Å². The van der Waals surface area contributed by atoms with E-state index in [1.165, 1.54) is 0 Å². The maximum atomic E-state index is 11.7. The maximum absolute atomic E-state index is 11.7. The number of carbonyl (C=O) groups is 1. The van der Waals surface area contributed by atoms with Gasteiger partial charge in [0.2, 0.25) is 0 Å². The Morgan fingerprint density at radius 2 is 1.61 bits per heavy atom. The van der Waals surface area contributed by atoms with Crippen LogP contribution >= 0.6 is 0 Å². The van der Waals surface area contributed by atoms with Gasteiger partial charge in [-0.15, -0.1) is 0 Å². The summed E-state index contributed by atoms with van der Waals surface area (Å²) in [5, 5.41) is 2.21. The van der Waals surface area contributed by atoms with E-state index >= 15 is 0 Å². The highest BCUT2D eigenvalue weighted by atomic mass is 16.7. The standard InChI is InChI=1S/C19H17NO3/c21-19(20-23-13-15-6-2-1-3-7-15)14-22-18-11-10-16-8-4-5-9-17(16)12-18/h1-12H,13-14H2,(H,20,21). The smallest absolute Gasteiger partial charge is 0.281 e. The van der Waals surface area contributed by atoms with E-state index in [1.807, 2.05) is 72.8 Å². The van der Waals surface area contributed by atoms with Crippen molar-refractivity contribution in [3.63, 3.8) is 0 Å². The zero-order chi connectivity index (χ0) is 15.9. The molecule has 0 spiro atoms. The summed E-state index contributed by atoms with van der Waals surface area (Å²) in [5.74, 6) is 0.330. The normalized spacial score (nSPS) is 10.4. The quantitative estimate of drug-likeness (QED) is 0.709. The van der Waals surface area contributed by atoms with Crippen LogP contribution in [-0.4, -0.2) is 12.5 Å². The Kier molecular flexibility index (Phi) is 4.86. The second-order valence-corrected chi connectivity index (χ2v) is 5.10. The van der Waals surface area contributed by atoms with Crippen molar-refractivity contribution in [3.05, 3.63) is 78.4 Å². The molecular formula is C19H17NO3. The van der Waals surface area contributed by atoms with Crippen molar-refractivity contribution in [2.45, 2.75) is 6.61 Å². The molecule has 0 saturated carbocycles. The van der Waals surface area contributed by atoms with Gasteiger partial charge in [-0.25, -0.2) is 5.48 Å². The molecule has 1 amide bonds. The summed E-state index contributed by atoms with van der Waals surface area (Å²) in [5.41, 5.74) is 3.36. The Morgan fingerprint density at radius 3 is 2.43 bits per heavy atom. The topological polar surface area (TPSA) is 47.6 Å². The summed E-state index contributed by atoms with van der Waals surface area (Å²) < 4.78 is 5.49. The number of rotatable bonds is 6. The first kappa shape index (κ1) is 15.1. The van der Waals surface area contributed by atoms with Gasteiger partial charge in [0.1, 0.15) is 5.75 Å². The van der Waals surface area contributed by atoms with Crippen LogP contribution in [0.4, 0.5) is 0 Å². The lowest BCUT2D eigenvalue weighted by Crippen LogP contribution is -2.28. The lowest BCUT2D eigenvalue weighted by atomic mass is 10.1. The molecule has 4 nitrogen and oxygen atoms in total. The van der Waals surface area contributed by atoms with Gasteiger partial charge in [-0.3, -0.25) is 9.63 Å². The van der Waals surface area contributed by atoms with Crippen LogP contribution in [-0.2, 0) is 16.2 Å². The maximum Gasteiger partial charge on any atom is 0.281 e. The van der Waals surface area contributed by atoms with Crippen LogP contribution in [0.1, 0.15) is 5.56 Å². The van der Waals surface area contributed by atoms with Gasteiger partial charge in [-0.2, -0.15) is 0 Å². The van der Waals surface area contributed by atoms with Crippen molar-refractivity contribution in [3.8, 4) is 5.75 Å². The molecule has 0 aliphatic carbocycles. The fourth-order valence-electron chi connectivity index (χ4n) is 2.21. The molecule has 3 aromatic rings. The van der Waals surface area contributed by atoms with Crippen LogP contribution in [0.5, 0.6) is 5.75 Å². The average Bonchev–Trinajstić information content (AvgIpc) is 2.61. The number of ether oxygens (including phenoxy) is 1. The van der Waals surface area contributed by atoms with E-state index in [2.05, 4.69) is 5.48 Å². The van der Waals surface area contributed by atoms with Gasteiger partial charge in [-0.05, 0) is 28.5 Å². The molecule has 23 heavy (non-hydrogen) atoms. The molecule has 0 saturated heterocycles. The second-order valence-electron chi connectivity index (χ2n) is 5.10. The summed E-state index contributed by atoms with van der Waals surface area (Å²) in [6, 6.07) is 23.3. The minimum absolute atomic E-state index is 0.0901. The molecule has 0 aromatic heterocycles. The Balaban J connectivity index is 1.46. The van der Waals surface area contributed by atoms with E-state index in [0.717, 1.165) is 16.3 Å². The minimum atomic E-state index is -0.325. The molecule has 0 heterocycles. The molecule has 0 unspecified atom stereocenters. The molecule has 3 aromatic carbocycles. The van der Waals surface area contributed by atoms with E-state index < -0.39 is 0 Å². The third-order valence-electron chi connectivity index (χ3n) is 3.36. The highest BCUT2D eigenvalue weighted by Gasteiger charge is 2.04. The Hall–Kier alpha value is -2.85. The molecule has 3 rings (SSSR count). The molecular weight excluding hydrogens is 290 g/mol. The Labute approximate surface area is 134 Å². The average molecular weight is 307 g/mol. The molecule has 0 aliphatic heterocycles. The zero-order valence-corrected chi connectivity index (χ0v) is 12.6. The first-order chi connectivity index (χ1) is 11.3. The van der Waals surface area contributed by atoms with Crippen LogP contribution in [0.15, 0.2) is 72.8 Å². The first-order valence-corrected chi connectivity index (χ1v) is 7.37. The highest BCUT2D eigenvalue weighted by Crippen LogP contribution is 2.20. The summed E-state index contributed by atoms with van der Waals surface area (Å²) in [6.45, 7) is 0.232. The summed E-state index contributed by atoms with van der Waals surface area (Å²) in [6.07, 6.45) is 0. The number of benzene rings is 3. The van der Waals surface area contributed by atoms with Gasteiger partial charge < -0.3 is 4.74 Å². The molecule has 1 N–H and O–H groups in total. The van der Waals surface area contributed by atoms with Crippen molar-refractivity contribution < 1.29 is 14.4 Å². The first-order valence-electron chi connectivity index (χ1n) is 7.37. The van der Waals surface area contributed by atoms with Gasteiger partial charge in [-0.1, -0.05) is 60.7 Å². The molecule has 0 atom stereocenters. The third kappa shape index (κ3) is 4.31. The van der Waals surface area contributed by atoms with Crippen molar-refractivity contribution in [2.75, 3.05) is 6.61 Å². The molecule has 4 heteroatoms. The van der Waals surface area contributed by atoms with E-state index in [1.54, 1.807) is 0 Å². The fraction of sp³-hybridized carbons (Fsp3) is 0.105. The van der Waals surface area contributed by atoms with Gasteiger partial charge in [0.15, 0.2) is 6.61 Å². The van der Waals surface area contributed by atoms with Crippen molar-refractivity contribution in [1.82, 2.24) is 5.48 Å². The van der Waals surface area contributed by atoms with E-state index in [9.17, 15) is 4.79 Å². The summed E-state index contributed by atoms with van der Waals surface area (Å²) in [7, 11) is 0. The number of fused-ring (bicyclic) bond motifs is 1. The number of hydrogen-bond donors (Lipinski definition) is 1. The van der Waals surface area contributed by atoms with Gasteiger partial charge >= 0.3 is 0 Å². The van der Waals surface area contributed by atoms with Crippen LogP contribution in [0.3, 0.4) is 0 Å². The summed E-state index contributed by atoms with van der Waals surface area (Å²) >= 11 is 0.